The van der Waals surface area contributed by atoms with Gasteiger partial charge in [0, 0.05) is 7.05 Å². The van der Waals surface area contributed by atoms with E-state index in [1.807, 2.05) is 0 Å². The molecule has 0 aliphatic rings. The number of carboxylic acid groups (broad SMARTS) is 1. The lowest BCUT2D eigenvalue weighted by Crippen LogP contribution is -2.00. The summed E-state index contributed by atoms with van der Waals surface area (Å²) in [5, 5.41) is 11.5. The van der Waals surface area contributed by atoms with Crippen LogP contribution >= 0.6 is 11.6 Å². The van der Waals surface area contributed by atoms with Crippen molar-refractivity contribution in [2.75, 3.05) is 12.4 Å². The topological polar surface area (TPSA) is 62.2 Å². The van der Waals surface area contributed by atoms with Gasteiger partial charge < -0.3 is 10.4 Å². The Balaban J connectivity index is 3.15. The molecule has 0 aliphatic carbocycles. The number of aromatic nitrogens is 1. The van der Waals surface area contributed by atoms with E-state index in [1.54, 1.807) is 7.05 Å². The number of aromatic carboxylic acids is 1. The van der Waals surface area contributed by atoms with Crippen LogP contribution in [0.2, 0.25) is 5.15 Å². The quantitative estimate of drug-likeness (QED) is 0.687. The smallest absolute Gasteiger partial charge is 0.335 e. The van der Waals surface area contributed by atoms with Crippen LogP contribution in [-0.4, -0.2) is 23.1 Å². The highest BCUT2D eigenvalue weighted by Gasteiger charge is 2.05. The SMILES string of the molecule is CNc1cc(C(=O)O)cc(Cl)n1. The molecule has 1 rings (SSSR count). The van der Waals surface area contributed by atoms with Gasteiger partial charge in [0.05, 0.1) is 5.56 Å². The van der Waals surface area contributed by atoms with E-state index in [9.17, 15) is 4.79 Å². The molecule has 64 valence electrons. The molecule has 0 saturated heterocycles. The summed E-state index contributed by atoms with van der Waals surface area (Å²) in [4.78, 5) is 14.3. The number of anilines is 1. The van der Waals surface area contributed by atoms with E-state index in [2.05, 4.69) is 10.3 Å². The van der Waals surface area contributed by atoms with Crippen LogP contribution in [0.1, 0.15) is 10.4 Å². The van der Waals surface area contributed by atoms with Crippen LogP contribution < -0.4 is 5.32 Å². The van der Waals surface area contributed by atoms with Crippen LogP contribution in [-0.2, 0) is 0 Å². The minimum absolute atomic E-state index is 0.124. The Morgan fingerprint density at radius 3 is 2.83 bits per heavy atom. The van der Waals surface area contributed by atoms with Crippen LogP contribution in [0.4, 0.5) is 5.82 Å². The zero-order valence-electron chi connectivity index (χ0n) is 6.34. The van der Waals surface area contributed by atoms with Crippen molar-refractivity contribution in [3.63, 3.8) is 0 Å². The zero-order chi connectivity index (χ0) is 9.14. The van der Waals surface area contributed by atoms with Crippen molar-refractivity contribution in [1.82, 2.24) is 4.98 Å². The fourth-order valence-corrected chi connectivity index (χ4v) is 0.957. The van der Waals surface area contributed by atoms with Crippen molar-refractivity contribution in [3.8, 4) is 0 Å². The molecule has 0 radical (unpaired) electrons. The Morgan fingerprint density at radius 2 is 2.33 bits per heavy atom. The van der Waals surface area contributed by atoms with Crippen LogP contribution in [0.5, 0.6) is 0 Å². The third-order valence-corrected chi connectivity index (χ3v) is 1.49. The fraction of sp³-hybridized carbons (Fsp3) is 0.143. The van der Waals surface area contributed by atoms with E-state index >= 15 is 0 Å². The first-order chi connectivity index (χ1) is 5.63. The molecule has 0 spiro atoms. The monoisotopic (exact) mass is 186 g/mol. The average molecular weight is 187 g/mol. The molecule has 0 aromatic carbocycles. The maximum absolute atomic E-state index is 10.5. The second-order valence-corrected chi connectivity index (χ2v) is 2.51. The van der Waals surface area contributed by atoms with Crippen molar-refractivity contribution in [2.24, 2.45) is 0 Å². The number of halogens is 1. The second-order valence-electron chi connectivity index (χ2n) is 2.12. The molecule has 1 heterocycles. The molecule has 4 nitrogen and oxygen atoms in total. The van der Waals surface area contributed by atoms with Crippen molar-refractivity contribution in [3.05, 3.63) is 22.8 Å². The Labute approximate surface area is 74.2 Å². The van der Waals surface area contributed by atoms with E-state index in [4.69, 9.17) is 16.7 Å². The zero-order valence-corrected chi connectivity index (χ0v) is 7.09. The van der Waals surface area contributed by atoms with Crippen molar-refractivity contribution in [1.29, 1.82) is 0 Å². The van der Waals surface area contributed by atoms with E-state index < -0.39 is 5.97 Å². The average Bonchev–Trinajstić information content (AvgIpc) is 2.03. The van der Waals surface area contributed by atoms with Gasteiger partial charge in [-0.05, 0) is 12.1 Å². The van der Waals surface area contributed by atoms with Gasteiger partial charge in [-0.3, -0.25) is 0 Å². The van der Waals surface area contributed by atoms with Gasteiger partial charge in [-0.25, -0.2) is 9.78 Å². The standard InChI is InChI=1S/C7H7ClN2O2/c1-9-6-3-4(7(11)12)2-5(8)10-6/h2-3H,1H3,(H,9,10)(H,11,12). The first-order valence-corrected chi connectivity index (χ1v) is 3.60. The molecule has 12 heavy (non-hydrogen) atoms. The molecular formula is C7H7ClN2O2. The van der Waals surface area contributed by atoms with Crippen molar-refractivity contribution in [2.45, 2.75) is 0 Å². The lowest BCUT2D eigenvalue weighted by Gasteiger charge is -2.00. The maximum atomic E-state index is 10.5. The summed E-state index contributed by atoms with van der Waals surface area (Å²) in [6.07, 6.45) is 0. The summed E-state index contributed by atoms with van der Waals surface area (Å²) in [6.45, 7) is 0. The highest BCUT2D eigenvalue weighted by atomic mass is 35.5. The van der Waals surface area contributed by atoms with Gasteiger partial charge in [-0.1, -0.05) is 11.6 Å². The Kier molecular flexibility index (Phi) is 2.50. The molecule has 5 heteroatoms. The first kappa shape index (κ1) is 8.80. The lowest BCUT2D eigenvalue weighted by atomic mass is 10.2. The number of nitrogens with one attached hydrogen (secondary N) is 1. The van der Waals surface area contributed by atoms with Gasteiger partial charge in [-0.2, -0.15) is 0 Å². The molecule has 0 fully saturated rings. The molecule has 0 saturated carbocycles. The summed E-state index contributed by atoms with van der Waals surface area (Å²) in [5.74, 6) is -0.573. The normalized spacial score (nSPS) is 9.50. The molecule has 1 aromatic heterocycles. The second kappa shape index (κ2) is 3.40. The van der Waals surface area contributed by atoms with Crippen LogP contribution in [0, 0.1) is 0 Å². The molecule has 0 aliphatic heterocycles. The van der Waals surface area contributed by atoms with Gasteiger partial charge in [-0.15, -0.1) is 0 Å². The van der Waals surface area contributed by atoms with Gasteiger partial charge >= 0.3 is 5.97 Å². The summed E-state index contributed by atoms with van der Waals surface area (Å²) in [5.41, 5.74) is 0.124. The summed E-state index contributed by atoms with van der Waals surface area (Å²) < 4.78 is 0. The van der Waals surface area contributed by atoms with E-state index in [1.165, 1.54) is 12.1 Å². The third-order valence-electron chi connectivity index (χ3n) is 1.30. The number of carbonyl (C=O) groups is 1. The van der Waals surface area contributed by atoms with Gasteiger partial charge in [0.15, 0.2) is 0 Å². The van der Waals surface area contributed by atoms with Crippen molar-refractivity contribution < 1.29 is 9.90 Å². The molecule has 0 amide bonds. The minimum Gasteiger partial charge on any atom is -0.478 e. The molecule has 1 aromatic rings. The predicted molar refractivity (Wildman–Crippen MR) is 45.8 cm³/mol. The number of rotatable bonds is 2. The number of hydrogen-bond acceptors (Lipinski definition) is 3. The number of carboxylic acids is 1. The Hall–Kier alpha value is -1.29. The van der Waals surface area contributed by atoms with E-state index in [0.717, 1.165) is 0 Å². The molecular weight excluding hydrogens is 180 g/mol. The van der Waals surface area contributed by atoms with Crippen LogP contribution in [0.25, 0.3) is 0 Å². The van der Waals surface area contributed by atoms with Gasteiger partial charge in [0.2, 0.25) is 0 Å². The largest absolute Gasteiger partial charge is 0.478 e. The number of pyridine rings is 1. The highest BCUT2D eigenvalue weighted by molar-refractivity contribution is 6.29. The third kappa shape index (κ3) is 1.85. The first-order valence-electron chi connectivity index (χ1n) is 3.22. The maximum Gasteiger partial charge on any atom is 0.335 e. The van der Waals surface area contributed by atoms with E-state index in [-0.39, 0.29) is 10.7 Å². The van der Waals surface area contributed by atoms with E-state index in [0.29, 0.717) is 5.82 Å². The molecule has 0 atom stereocenters. The van der Waals surface area contributed by atoms with Gasteiger partial charge in [0.25, 0.3) is 0 Å². The predicted octanol–water partition coefficient (Wildman–Crippen LogP) is 1.47. The minimum atomic E-state index is -1.02. The van der Waals surface area contributed by atoms with Crippen LogP contribution in [0.3, 0.4) is 0 Å². The van der Waals surface area contributed by atoms with Crippen LogP contribution in [0.15, 0.2) is 12.1 Å². The van der Waals surface area contributed by atoms with Crippen molar-refractivity contribution >= 4 is 23.4 Å². The Morgan fingerprint density at radius 1 is 1.67 bits per heavy atom. The van der Waals surface area contributed by atoms with Gasteiger partial charge in [0.1, 0.15) is 11.0 Å². The number of hydrogen-bond donors (Lipinski definition) is 2. The molecule has 2 N–H and O–H groups in total. The summed E-state index contributed by atoms with van der Waals surface area (Å²) in [6, 6.07) is 2.71. The Bertz CT molecular complexity index is 314. The lowest BCUT2D eigenvalue weighted by molar-refractivity contribution is 0.0697. The number of nitrogens with zero attached hydrogens (tertiary/aromatic N) is 1. The fourth-order valence-electron chi connectivity index (χ4n) is 0.748. The molecule has 0 unspecified atom stereocenters. The molecule has 0 bridgehead atoms. The summed E-state index contributed by atoms with van der Waals surface area (Å²) >= 11 is 5.56. The highest BCUT2D eigenvalue weighted by Crippen LogP contribution is 2.13. The summed E-state index contributed by atoms with van der Waals surface area (Å²) in [7, 11) is 1.64.